The summed E-state index contributed by atoms with van der Waals surface area (Å²) >= 11 is 0. The van der Waals surface area contributed by atoms with E-state index in [9.17, 15) is 30.6 Å². The fourth-order valence-electron chi connectivity index (χ4n) is 2.27. The van der Waals surface area contributed by atoms with Gasteiger partial charge in [0.05, 0.1) is 5.39 Å². The van der Waals surface area contributed by atoms with Crippen LogP contribution in [-0.2, 0) is 0 Å². The molecule has 7 heteroatoms. The second-order valence-electron chi connectivity index (χ2n) is 4.44. The highest BCUT2D eigenvalue weighted by Crippen LogP contribution is 2.52. The molecule has 0 atom stereocenters. The average Bonchev–Trinajstić information content (AvgIpc) is 2.81. The van der Waals surface area contributed by atoms with Gasteiger partial charge in [-0.05, 0) is 6.92 Å². The molecule has 3 aromatic rings. The second kappa shape index (κ2) is 3.53. The SMILES string of the molecule is Cc1c(O)c(O)c(O)c2oc3c(O)cc(O)c(O)c3c12. The van der Waals surface area contributed by atoms with Crippen molar-refractivity contribution in [2.24, 2.45) is 0 Å². The number of aryl methyl sites for hydroxylation is 1. The van der Waals surface area contributed by atoms with Crippen LogP contribution < -0.4 is 0 Å². The lowest BCUT2D eigenvalue weighted by molar-refractivity contribution is 0.366. The molecule has 104 valence electrons. The van der Waals surface area contributed by atoms with Gasteiger partial charge in [-0.2, -0.15) is 0 Å². The van der Waals surface area contributed by atoms with E-state index in [0.717, 1.165) is 6.07 Å². The first-order chi connectivity index (χ1) is 9.34. The quantitative estimate of drug-likeness (QED) is 0.274. The molecule has 0 saturated heterocycles. The Morgan fingerprint density at radius 2 is 1.35 bits per heavy atom. The van der Waals surface area contributed by atoms with Gasteiger partial charge < -0.3 is 35.1 Å². The van der Waals surface area contributed by atoms with Gasteiger partial charge in [-0.25, -0.2) is 0 Å². The number of rotatable bonds is 0. The number of fused-ring (bicyclic) bond motifs is 3. The predicted molar refractivity (Wildman–Crippen MR) is 68.4 cm³/mol. The van der Waals surface area contributed by atoms with Crippen LogP contribution in [0.15, 0.2) is 10.5 Å². The lowest BCUT2D eigenvalue weighted by atomic mass is 10.0. The van der Waals surface area contributed by atoms with Gasteiger partial charge in [0.1, 0.15) is 0 Å². The Morgan fingerprint density at radius 3 is 2.00 bits per heavy atom. The van der Waals surface area contributed by atoms with Gasteiger partial charge in [-0.3, -0.25) is 0 Å². The van der Waals surface area contributed by atoms with E-state index < -0.39 is 34.5 Å². The number of benzene rings is 2. The average molecular weight is 278 g/mol. The molecule has 1 aromatic heterocycles. The molecule has 0 amide bonds. The highest BCUT2D eigenvalue weighted by Gasteiger charge is 2.26. The summed E-state index contributed by atoms with van der Waals surface area (Å²) in [7, 11) is 0. The number of hydrogen-bond donors (Lipinski definition) is 6. The van der Waals surface area contributed by atoms with E-state index in [0.29, 0.717) is 0 Å². The van der Waals surface area contributed by atoms with Crippen molar-refractivity contribution < 1.29 is 35.1 Å². The summed E-state index contributed by atoms with van der Waals surface area (Å²) in [5.74, 6) is -3.67. The molecule has 3 rings (SSSR count). The van der Waals surface area contributed by atoms with E-state index in [1.54, 1.807) is 0 Å². The zero-order valence-corrected chi connectivity index (χ0v) is 10.2. The van der Waals surface area contributed by atoms with Gasteiger partial charge in [-0.15, -0.1) is 0 Å². The maximum Gasteiger partial charge on any atom is 0.205 e. The van der Waals surface area contributed by atoms with Crippen LogP contribution in [-0.4, -0.2) is 30.6 Å². The molecule has 0 aliphatic rings. The molecule has 0 radical (unpaired) electrons. The van der Waals surface area contributed by atoms with Crippen LogP contribution in [0, 0.1) is 6.92 Å². The number of aromatic hydroxyl groups is 6. The zero-order chi connectivity index (χ0) is 14.8. The van der Waals surface area contributed by atoms with Crippen molar-refractivity contribution in [2.75, 3.05) is 0 Å². The predicted octanol–water partition coefficient (Wildman–Crippen LogP) is 2.13. The maximum atomic E-state index is 9.90. The van der Waals surface area contributed by atoms with Crippen molar-refractivity contribution in [3.05, 3.63) is 11.6 Å². The third-order valence-electron chi connectivity index (χ3n) is 3.29. The summed E-state index contributed by atoms with van der Waals surface area (Å²) in [6.07, 6.45) is 0. The fourth-order valence-corrected chi connectivity index (χ4v) is 2.27. The Bertz CT molecular complexity index is 876. The highest BCUT2D eigenvalue weighted by molar-refractivity contribution is 6.15. The van der Waals surface area contributed by atoms with Gasteiger partial charge in [0, 0.05) is 17.0 Å². The number of hydrogen-bond acceptors (Lipinski definition) is 7. The zero-order valence-electron chi connectivity index (χ0n) is 10.2. The maximum absolute atomic E-state index is 9.90. The van der Waals surface area contributed by atoms with Crippen molar-refractivity contribution >= 4 is 21.9 Å². The lowest BCUT2D eigenvalue weighted by Crippen LogP contribution is -1.81. The van der Waals surface area contributed by atoms with Gasteiger partial charge in [0.25, 0.3) is 0 Å². The van der Waals surface area contributed by atoms with Crippen molar-refractivity contribution in [1.82, 2.24) is 0 Å². The molecule has 0 aliphatic heterocycles. The molecule has 0 saturated carbocycles. The smallest absolute Gasteiger partial charge is 0.205 e. The normalized spacial score (nSPS) is 11.4. The molecular formula is C13H10O7. The summed E-state index contributed by atoms with van der Waals surface area (Å²) in [6, 6.07) is 0.881. The Kier molecular flexibility index (Phi) is 2.14. The summed E-state index contributed by atoms with van der Waals surface area (Å²) < 4.78 is 5.22. The van der Waals surface area contributed by atoms with Gasteiger partial charge in [0.15, 0.2) is 34.2 Å². The largest absolute Gasteiger partial charge is 0.504 e. The molecular weight excluding hydrogens is 268 g/mol. The molecule has 1 heterocycles. The Hall–Kier alpha value is -2.96. The third-order valence-corrected chi connectivity index (χ3v) is 3.29. The first-order valence-electron chi connectivity index (χ1n) is 5.58. The first kappa shape index (κ1) is 12.1. The minimum absolute atomic E-state index is 0.0689. The number of phenols is 6. The third kappa shape index (κ3) is 1.23. The molecule has 0 fully saturated rings. The van der Waals surface area contributed by atoms with Gasteiger partial charge in [0.2, 0.25) is 11.5 Å². The standard InChI is InChI=1S/C13H10O7/c1-3-6-7-9(17)4(14)2-5(15)12(7)20-13(6)11(19)10(18)8(3)16/h2,14-19H,1H3. The molecule has 6 N–H and O–H groups in total. The van der Waals surface area contributed by atoms with Crippen LogP contribution in [0.4, 0.5) is 0 Å². The Labute approximate surface area is 111 Å². The monoisotopic (exact) mass is 278 g/mol. The minimum Gasteiger partial charge on any atom is -0.504 e. The van der Waals surface area contributed by atoms with Crippen LogP contribution in [0.25, 0.3) is 21.9 Å². The van der Waals surface area contributed by atoms with E-state index in [4.69, 9.17) is 4.42 Å². The summed E-state index contributed by atoms with van der Waals surface area (Å²) in [5, 5.41) is 58.3. The van der Waals surface area contributed by atoms with Gasteiger partial charge >= 0.3 is 0 Å². The molecule has 0 spiro atoms. The van der Waals surface area contributed by atoms with Gasteiger partial charge in [-0.1, -0.05) is 0 Å². The van der Waals surface area contributed by atoms with E-state index in [1.807, 2.05) is 0 Å². The van der Waals surface area contributed by atoms with E-state index in [2.05, 4.69) is 0 Å². The number of furan rings is 1. The summed E-state index contributed by atoms with van der Waals surface area (Å²) in [4.78, 5) is 0. The van der Waals surface area contributed by atoms with Crippen LogP contribution in [0.5, 0.6) is 34.5 Å². The van der Waals surface area contributed by atoms with E-state index in [-0.39, 0.29) is 27.5 Å². The van der Waals surface area contributed by atoms with Crippen LogP contribution in [0.1, 0.15) is 5.56 Å². The molecule has 2 aromatic carbocycles. The van der Waals surface area contributed by atoms with Crippen molar-refractivity contribution in [3.8, 4) is 34.5 Å². The highest BCUT2D eigenvalue weighted by atomic mass is 16.4. The van der Waals surface area contributed by atoms with Crippen molar-refractivity contribution in [3.63, 3.8) is 0 Å². The molecule has 7 nitrogen and oxygen atoms in total. The lowest BCUT2D eigenvalue weighted by Gasteiger charge is -2.06. The van der Waals surface area contributed by atoms with Crippen molar-refractivity contribution in [1.29, 1.82) is 0 Å². The molecule has 20 heavy (non-hydrogen) atoms. The van der Waals surface area contributed by atoms with Crippen molar-refractivity contribution in [2.45, 2.75) is 6.92 Å². The summed E-state index contributed by atoms with van der Waals surface area (Å²) in [5.41, 5.74) is -0.281. The Morgan fingerprint density at radius 1 is 0.700 bits per heavy atom. The first-order valence-corrected chi connectivity index (χ1v) is 5.58. The fraction of sp³-hybridized carbons (Fsp3) is 0.0769. The number of phenolic OH excluding ortho intramolecular Hbond substituents is 6. The second-order valence-corrected chi connectivity index (χ2v) is 4.44. The molecule has 0 bridgehead atoms. The molecule has 0 unspecified atom stereocenters. The van der Waals surface area contributed by atoms with Crippen LogP contribution in [0.2, 0.25) is 0 Å². The van der Waals surface area contributed by atoms with E-state index in [1.165, 1.54) is 6.92 Å². The molecule has 0 aliphatic carbocycles. The topological polar surface area (TPSA) is 135 Å². The Balaban J connectivity index is 2.72. The van der Waals surface area contributed by atoms with Crippen LogP contribution >= 0.6 is 0 Å². The summed E-state index contributed by atoms with van der Waals surface area (Å²) in [6.45, 7) is 1.42. The minimum atomic E-state index is -0.766. The van der Waals surface area contributed by atoms with E-state index >= 15 is 0 Å². The van der Waals surface area contributed by atoms with Crippen LogP contribution in [0.3, 0.4) is 0 Å².